The second-order valence-electron chi connectivity index (χ2n) is 8.64. The molecule has 4 unspecified atom stereocenters. The Balaban J connectivity index is 1.66. The van der Waals surface area contributed by atoms with Crippen LogP contribution in [0.1, 0.15) is 54.1 Å². The summed E-state index contributed by atoms with van der Waals surface area (Å²) in [4.78, 5) is 28.9. The number of hydrogen-bond acceptors (Lipinski definition) is 7. The number of piperazine rings is 1. The minimum atomic E-state index is -3.44. The van der Waals surface area contributed by atoms with E-state index in [1.165, 1.54) is 18.6 Å². The number of likely N-dealkylation sites (tertiary alicyclic amines) is 1. The van der Waals surface area contributed by atoms with Crippen LogP contribution in [0.5, 0.6) is 0 Å². The molecule has 34 heavy (non-hydrogen) atoms. The van der Waals surface area contributed by atoms with Crippen molar-refractivity contribution in [2.75, 3.05) is 24.5 Å². The minimum Gasteiger partial charge on any atom is -0.368 e. The molecule has 3 aliphatic heterocycles. The molecule has 0 radical (unpaired) electrons. The Labute approximate surface area is 214 Å². The molecule has 3 aliphatic rings. The lowest BCUT2D eigenvalue weighted by Crippen LogP contribution is -2.71. The number of aryl methyl sites for hydroxylation is 2. The van der Waals surface area contributed by atoms with Crippen molar-refractivity contribution in [1.29, 1.82) is 0 Å². The fraction of sp³-hybridized carbons (Fsp3) is 0.600. The van der Waals surface area contributed by atoms with E-state index in [4.69, 9.17) is 6.94 Å². The molecule has 2 aromatic heterocycles. The zero-order valence-electron chi connectivity index (χ0n) is 29.3. The van der Waals surface area contributed by atoms with Gasteiger partial charge in [-0.1, -0.05) is 0 Å². The van der Waals surface area contributed by atoms with E-state index in [2.05, 4.69) is 15.0 Å². The lowest BCUT2D eigenvalue weighted by molar-refractivity contribution is -0.150. The Morgan fingerprint density at radius 3 is 2.74 bits per heavy atom. The number of carbonyl (C=O) groups excluding carboxylic acids is 1. The molecule has 2 aromatic rings. The van der Waals surface area contributed by atoms with E-state index in [0.29, 0.717) is 16.2 Å². The van der Waals surface area contributed by atoms with E-state index >= 15 is 0 Å². The van der Waals surface area contributed by atoms with Crippen molar-refractivity contribution in [3.05, 3.63) is 47.6 Å². The molecule has 0 bridgehead atoms. The Morgan fingerprint density at radius 1 is 1.24 bits per heavy atom. The summed E-state index contributed by atoms with van der Waals surface area (Å²) in [5.74, 6) is -5.96. The zero-order valence-corrected chi connectivity index (χ0v) is 19.3. The number of amides is 1. The summed E-state index contributed by atoms with van der Waals surface area (Å²) >= 11 is 0. The van der Waals surface area contributed by atoms with Gasteiger partial charge >= 0.3 is 0 Å². The first-order chi connectivity index (χ1) is 20.2. The number of rotatable bonds is 4. The molecule has 3 fully saturated rings. The summed E-state index contributed by atoms with van der Waals surface area (Å²) in [5.41, 5.74) is 1.27. The van der Waals surface area contributed by atoms with E-state index in [9.17, 15) is 16.0 Å². The molecule has 0 aromatic carbocycles. The van der Waals surface area contributed by atoms with Crippen molar-refractivity contribution in [1.82, 2.24) is 30.5 Å². The second kappa shape index (κ2) is 9.54. The first kappa shape index (κ1) is 14.0. The highest BCUT2D eigenvalue weighted by Gasteiger charge is 2.47. The molecule has 0 aliphatic carbocycles. The van der Waals surface area contributed by atoms with Crippen molar-refractivity contribution in [3.63, 3.8) is 0 Å². The van der Waals surface area contributed by atoms with Crippen molar-refractivity contribution < 1.29 is 23.0 Å². The Morgan fingerprint density at radius 2 is 2.00 bits per heavy atom. The van der Waals surface area contributed by atoms with Gasteiger partial charge < -0.3 is 15.1 Å². The van der Waals surface area contributed by atoms with Gasteiger partial charge in [-0.25, -0.2) is 4.98 Å². The maximum atomic E-state index is 14.7. The molecule has 8 nitrogen and oxygen atoms in total. The molecule has 1 amide bonds. The fourth-order valence-electron chi connectivity index (χ4n) is 4.57. The monoisotopic (exact) mass is 477 g/mol. The van der Waals surface area contributed by atoms with Crippen LogP contribution in [-0.2, 0) is 11.3 Å². The molecule has 5 heterocycles. The van der Waals surface area contributed by atoms with Crippen molar-refractivity contribution in [2.45, 2.75) is 64.7 Å². The Bertz CT molecular complexity index is 1460. The molecule has 0 saturated carbocycles. The summed E-state index contributed by atoms with van der Waals surface area (Å²) in [5, 5.41) is -0.129. The molecule has 9 heteroatoms. The lowest BCUT2D eigenvalue weighted by atomic mass is 9.76. The van der Waals surface area contributed by atoms with E-state index in [-0.39, 0.29) is 47.9 Å². The Hall–Kier alpha value is -2.65. The van der Waals surface area contributed by atoms with Crippen LogP contribution in [-0.4, -0.2) is 63.5 Å². The number of carbonyl (C=O) groups is 1. The SMILES string of the molecule is [2H]N1C([2H])(C)C([2H])([2H])N([2H])C2([2H])C1([2H])N(Cc1nccnc1C)C(=O)C([2H])(C1CCN(c3c(C)ccnc3F)CC1)C2([2H])[2H]. The van der Waals surface area contributed by atoms with Gasteiger partial charge in [0.2, 0.25) is 11.9 Å². The molecular weight excluding hydrogens is 433 g/mol. The number of piperidine rings is 2. The number of halogens is 1. The summed E-state index contributed by atoms with van der Waals surface area (Å²) < 4.78 is 105. The number of hydrogen-bond donors (Lipinski definition) is 2. The van der Waals surface area contributed by atoms with E-state index in [0.717, 1.165) is 6.92 Å². The average molecular weight is 478 g/mol. The third-order valence-corrected chi connectivity index (χ3v) is 6.39. The normalized spacial score (nSPS) is 45.2. The Kier molecular flexibility index (Phi) is 3.94. The van der Waals surface area contributed by atoms with Crippen molar-refractivity contribution >= 4 is 11.6 Å². The zero-order chi connectivity index (χ0) is 32.8. The highest BCUT2D eigenvalue weighted by atomic mass is 19.1. The molecule has 4 atom stereocenters. The predicted octanol–water partition coefficient (Wildman–Crippen LogP) is 2.17. The van der Waals surface area contributed by atoms with Gasteiger partial charge in [-0.2, -0.15) is 4.39 Å². The highest BCUT2D eigenvalue weighted by Crippen LogP contribution is 2.37. The van der Waals surface area contributed by atoms with Gasteiger partial charge in [0.05, 0.1) is 32.5 Å². The highest BCUT2D eigenvalue weighted by molar-refractivity contribution is 5.80. The van der Waals surface area contributed by atoms with Gasteiger partial charge in [0, 0.05) is 64.3 Å². The van der Waals surface area contributed by atoms with Gasteiger partial charge in [-0.15, -0.1) is 0 Å². The number of aromatic nitrogens is 3. The van der Waals surface area contributed by atoms with Crippen LogP contribution in [0, 0.1) is 31.6 Å². The van der Waals surface area contributed by atoms with E-state index in [1.807, 2.05) is 0 Å². The van der Waals surface area contributed by atoms with Crippen molar-refractivity contribution in [3.8, 4) is 0 Å². The minimum absolute atomic E-state index is 0.0206. The van der Waals surface area contributed by atoms with E-state index < -0.39 is 61.3 Å². The summed E-state index contributed by atoms with van der Waals surface area (Å²) in [6.45, 7) is 0.535. The second-order valence-corrected chi connectivity index (χ2v) is 8.64. The largest absolute Gasteiger partial charge is 0.368 e. The topological polar surface area (TPSA) is 86.3 Å². The number of pyridine rings is 1. The number of fused-ring (bicyclic) bond motifs is 1. The standard InChI is InChI=1S/C25H34FN7O/c1-15-4-7-29-23(26)22(15)32-10-5-18(6-11-32)19-12-20-24(31-16(2)13-30-20)33(25(19)34)14-21-17(3)27-8-9-28-21/h4,7-9,16,18-20,24,30-31H,5-6,10-14H2,1-3H3/i12D2,13D2,16D,19D,20D,24D/hD2. The van der Waals surface area contributed by atoms with Crippen LogP contribution in [0.25, 0.3) is 0 Å². The van der Waals surface area contributed by atoms with Gasteiger partial charge in [0.15, 0.2) is 0 Å². The number of nitrogens with one attached hydrogen (secondary N) is 2. The quantitative estimate of drug-likeness (QED) is 0.653. The van der Waals surface area contributed by atoms with Gasteiger partial charge in [0.25, 0.3) is 0 Å². The lowest BCUT2D eigenvalue weighted by Gasteiger charge is -2.51. The van der Waals surface area contributed by atoms with Crippen molar-refractivity contribution in [2.24, 2.45) is 11.8 Å². The fourth-order valence-corrected chi connectivity index (χ4v) is 4.57. The number of nitrogens with zero attached hydrogens (tertiary/aromatic N) is 5. The maximum absolute atomic E-state index is 14.7. The molecule has 2 N–H and O–H groups in total. The van der Waals surface area contributed by atoms with Gasteiger partial charge in [-0.3, -0.25) is 20.1 Å². The molecule has 0 spiro atoms. The summed E-state index contributed by atoms with van der Waals surface area (Å²) in [6.07, 6.45) is -2.67. The van der Waals surface area contributed by atoms with Gasteiger partial charge in [0.1, 0.15) is 2.82 Å². The van der Waals surface area contributed by atoms with Crippen LogP contribution in [0.4, 0.5) is 10.1 Å². The summed E-state index contributed by atoms with van der Waals surface area (Å²) in [6, 6.07) is -4.54. The van der Waals surface area contributed by atoms with Crippen LogP contribution < -0.4 is 15.5 Å². The molecule has 5 rings (SSSR count). The van der Waals surface area contributed by atoms with E-state index in [1.54, 1.807) is 24.8 Å². The predicted molar refractivity (Wildman–Crippen MR) is 127 cm³/mol. The molecular formula is C25H34FN7O. The van der Waals surface area contributed by atoms with Crippen LogP contribution in [0.2, 0.25) is 2.82 Å². The van der Waals surface area contributed by atoms with Crippen LogP contribution in [0.3, 0.4) is 0 Å². The molecule has 3 saturated heterocycles. The first-order valence-electron chi connectivity index (χ1n) is 16.2. The molecule has 182 valence electrons. The van der Waals surface area contributed by atoms with Crippen LogP contribution >= 0.6 is 0 Å². The third-order valence-electron chi connectivity index (χ3n) is 6.39. The summed E-state index contributed by atoms with van der Waals surface area (Å²) in [7, 11) is 0. The third kappa shape index (κ3) is 4.38. The smallest absolute Gasteiger partial charge is 0.236 e. The maximum Gasteiger partial charge on any atom is 0.236 e. The first-order valence-corrected chi connectivity index (χ1v) is 11.3. The van der Waals surface area contributed by atoms with Gasteiger partial charge in [-0.05, 0) is 57.5 Å². The van der Waals surface area contributed by atoms with Crippen LogP contribution in [0.15, 0.2) is 24.7 Å². The average Bonchev–Trinajstić information content (AvgIpc) is 2.97. The number of anilines is 1.